The number of ether oxygens (including phenoxy) is 1. The van der Waals surface area contributed by atoms with E-state index in [1.54, 1.807) is 0 Å². The van der Waals surface area contributed by atoms with E-state index < -0.39 is 11.9 Å². The summed E-state index contributed by atoms with van der Waals surface area (Å²) in [6.45, 7) is 1.35. The van der Waals surface area contributed by atoms with Gasteiger partial charge in [0.15, 0.2) is 5.71 Å². The molecule has 14 heavy (non-hydrogen) atoms. The minimum atomic E-state index is -0.731. The number of hydrogen-bond acceptors (Lipinski definition) is 6. The molecule has 0 aliphatic heterocycles. The Bertz CT molecular complexity index is 272. The van der Waals surface area contributed by atoms with Crippen LogP contribution in [0.3, 0.4) is 0 Å². The Balaban J connectivity index is 3.99. The van der Waals surface area contributed by atoms with E-state index in [9.17, 15) is 9.59 Å². The van der Waals surface area contributed by atoms with Gasteiger partial charge in [-0.2, -0.15) is 5.11 Å². The van der Waals surface area contributed by atoms with Gasteiger partial charge >= 0.3 is 5.97 Å². The number of carbonyl (C=O) groups excluding carboxylic acids is 2. The van der Waals surface area contributed by atoms with Gasteiger partial charge in [-0.1, -0.05) is 5.16 Å². The van der Waals surface area contributed by atoms with Gasteiger partial charge in [-0.3, -0.25) is 4.79 Å². The Morgan fingerprint density at radius 2 is 2.07 bits per heavy atom. The number of oxime groups is 1. The third-order valence-corrected chi connectivity index (χ3v) is 1.20. The van der Waals surface area contributed by atoms with E-state index in [0.717, 1.165) is 0 Å². The molecule has 0 heterocycles. The van der Waals surface area contributed by atoms with Gasteiger partial charge in [0.05, 0.1) is 13.7 Å². The Labute approximate surface area is 80.5 Å². The first kappa shape index (κ1) is 12.2. The molecule has 0 spiro atoms. The third kappa shape index (κ3) is 4.96. The molecule has 1 amide bonds. The van der Waals surface area contributed by atoms with E-state index in [1.165, 1.54) is 14.0 Å². The molecule has 0 atom stereocenters. The standard InChI is InChI=1S/C7H11N3O4/c1-5(11)9-8-4-3-6(10-13)7(12)14-2/h13H,3-4H2,1-2H3. The summed E-state index contributed by atoms with van der Waals surface area (Å²) in [6.07, 6.45) is 0.0694. The molecule has 7 heteroatoms. The van der Waals surface area contributed by atoms with Crippen LogP contribution in [0.25, 0.3) is 0 Å². The van der Waals surface area contributed by atoms with Crippen LogP contribution in [0.4, 0.5) is 0 Å². The highest BCUT2D eigenvalue weighted by Crippen LogP contribution is 1.92. The van der Waals surface area contributed by atoms with Crippen LogP contribution in [0.1, 0.15) is 13.3 Å². The van der Waals surface area contributed by atoms with E-state index in [2.05, 4.69) is 20.1 Å². The molecule has 0 fully saturated rings. The van der Waals surface area contributed by atoms with E-state index in [-0.39, 0.29) is 18.7 Å². The zero-order chi connectivity index (χ0) is 11.0. The van der Waals surface area contributed by atoms with Crippen molar-refractivity contribution in [2.24, 2.45) is 15.4 Å². The first-order valence-electron chi connectivity index (χ1n) is 3.79. The summed E-state index contributed by atoms with van der Waals surface area (Å²) in [7, 11) is 1.17. The third-order valence-electron chi connectivity index (χ3n) is 1.20. The zero-order valence-electron chi connectivity index (χ0n) is 7.93. The van der Waals surface area contributed by atoms with Crippen molar-refractivity contribution in [3.63, 3.8) is 0 Å². The van der Waals surface area contributed by atoms with Gasteiger partial charge in [-0.25, -0.2) is 4.79 Å². The molecule has 0 saturated heterocycles. The fraction of sp³-hybridized carbons (Fsp3) is 0.571. The predicted octanol–water partition coefficient (Wildman–Crippen LogP) is 0.378. The smallest absolute Gasteiger partial charge is 0.355 e. The summed E-state index contributed by atoms with van der Waals surface area (Å²) < 4.78 is 4.31. The summed E-state index contributed by atoms with van der Waals surface area (Å²) in [5, 5.41) is 17.8. The summed E-state index contributed by atoms with van der Waals surface area (Å²) in [5.74, 6) is -1.16. The quantitative estimate of drug-likeness (QED) is 0.233. The van der Waals surface area contributed by atoms with Crippen molar-refractivity contribution in [3.8, 4) is 0 Å². The summed E-state index contributed by atoms with van der Waals surface area (Å²) in [5.41, 5.74) is -0.157. The summed E-state index contributed by atoms with van der Waals surface area (Å²) >= 11 is 0. The number of hydrogen-bond donors (Lipinski definition) is 1. The number of methoxy groups -OCH3 is 1. The van der Waals surface area contributed by atoms with Crippen molar-refractivity contribution in [3.05, 3.63) is 0 Å². The van der Waals surface area contributed by atoms with E-state index in [4.69, 9.17) is 5.21 Å². The van der Waals surface area contributed by atoms with Crippen molar-refractivity contribution in [2.75, 3.05) is 13.7 Å². The Kier molecular flexibility index (Phi) is 5.84. The largest absolute Gasteiger partial charge is 0.464 e. The van der Waals surface area contributed by atoms with Crippen LogP contribution >= 0.6 is 0 Å². The summed E-state index contributed by atoms with van der Waals surface area (Å²) in [6, 6.07) is 0. The van der Waals surface area contributed by atoms with Gasteiger partial charge in [-0.05, 0) is 0 Å². The molecule has 7 nitrogen and oxygen atoms in total. The van der Waals surface area contributed by atoms with Gasteiger partial charge in [-0.15, -0.1) is 5.11 Å². The topological polar surface area (TPSA) is 101 Å². The van der Waals surface area contributed by atoms with Gasteiger partial charge in [0.2, 0.25) is 0 Å². The second kappa shape index (κ2) is 6.70. The van der Waals surface area contributed by atoms with Crippen LogP contribution in [0.5, 0.6) is 0 Å². The van der Waals surface area contributed by atoms with Gasteiger partial charge in [0.1, 0.15) is 0 Å². The monoisotopic (exact) mass is 201 g/mol. The molecule has 0 aromatic heterocycles. The van der Waals surface area contributed by atoms with Crippen LogP contribution in [0.2, 0.25) is 0 Å². The number of amides is 1. The molecule has 1 N–H and O–H groups in total. The summed E-state index contributed by atoms with van der Waals surface area (Å²) in [4.78, 5) is 21.1. The molecular weight excluding hydrogens is 190 g/mol. The minimum absolute atomic E-state index is 0.0694. The average molecular weight is 201 g/mol. The molecule has 0 aliphatic carbocycles. The highest BCUT2D eigenvalue weighted by Gasteiger charge is 2.11. The maximum absolute atomic E-state index is 10.8. The maximum atomic E-state index is 10.8. The SMILES string of the molecule is COC(=O)C(CCN=NC(C)=O)=NO. The average Bonchev–Trinajstić information content (AvgIpc) is 2.16. The number of carbonyl (C=O) groups is 2. The molecule has 78 valence electrons. The van der Waals surface area contributed by atoms with Crippen molar-refractivity contribution >= 4 is 17.6 Å². The van der Waals surface area contributed by atoms with Crippen LogP contribution < -0.4 is 0 Å². The lowest BCUT2D eigenvalue weighted by molar-refractivity contribution is -0.133. The van der Waals surface area contributed by atoms with Gasteiger partial charge in [0, 0.05) is 13.3 Å². The first-order valence-corrected chi connectivity index (χ1v) is 3.79. The van der Waals surface area contributed by atoms with Crippen molar-refractivity contribution < 1.29 is 19.5 Å². The molecule has 0 unspecified atom stereocenters. The number of rotatable bonds is 4. The molecule has 0 aliphatic rings. The van der Waals surface area contributed by atoms with Crippen LogP contribution in [-0.4, -0.2) is 36.4 Å². The molecule has 0 aromatic carbocycles. The maximum Gasteiger partial charge on any atom is 0.355 e. The van der Waals surface area contributed by atoms with E-state index >= 15 is 0 Å². The minimum Gasteiger partial charge on any atom is -0.464 e. The van der Waals surface area contributed by atoms with Gasteiger partial charge in [0.25, 0.3) is 5.91 Å². The first-order chi connectivity index (χ1) is 6.61. The normalized spacial score (nSPS) is 11.7. The molecule has 0 saturated carbocycles. The number of azo groups is 1. The second-order valence-electron chi connectivity index (χ2n) is 2.27. The fourth-order valence-electron chi connectivity index (χ4n) is 0.616. The van der Waals surface area contributed by atoms with Crippen LogP contribution in [0, 0.1) is 0 Å². The lowest BCUT2D eigenvalue weighted by Gasteiger charge is -1.98. The van der Waals surface area contributed by atoms with Crippen molar-refractivity contribution in [2.45, 2.75) is 13.3 Å². The lowest BCUT2D eigenvalue weighted by Crippen LogP contribution is -2.16. The predicted molar refractivity (Wildman–Crippen MR) is 46.3 cm³/mol. The number of esters is 1. The van der Waals surface area contributed by atoms with E-state index in [0.29, 0.717) is 0 Å². The Hall–Kier alpha value is -1.79. The highest BCUT2D eigenvalue weighted by molar-refractivity contribution is 6.36. The Morgan fingerprint density at radius 3 is 2.50 bits per heavy atom. The van der Waals surface area contributed by atoms with Crippen LogP contribution in [0.15, 0.2) is 15.4 Å². The molecule has 0 bridgehead atoms. The zero-order valence-corrected chi connectivity index (χ0v) is 7.93. The molecular formula is C7H11N3O4. The molecule has 0 rings (SSSR count). The second-order valence-corrected chi connectivity index (χ2v) is 2.27. The fourth-order valence-corrected chi connectivity index (χ4v) is 0.616. The van der Waals surface area contributed by atoms with E-state index in [1.807, 2.05) is 0 Å². The van der Waals surface area contributed by atoms with Gasteiger partial charge < -0.3 is 9.94 Å². The molecule has 0 radical (unpaired) electrons. The van der Waals surface area contributed by atoms with Crippen molar-refractivity contribution in [1.82, 2.24) is 0 Å². The Morgan fingerprint density at radius 1 is 1.43 bits per heavy atom. The number of nitrogens with zero attached hydrogens (tertiary/aromatic N) is 3. The van der Waals surface area contributed by atoms with Crippen LogP contribution in [-0.2, 0) is 14.3 Å². The highest BCUT2D eigenvalue weighted by atomic mass is 16.5. The van der Waals surface area contributed by atoms with Crippen molar-refractivity contribution in [1.29, 1.82) is 0 Å². The lowest BCUT2D eigenvalue weighted by atomic mass is 10.3. The molecule has 0 aromatic rings.